The van der Waals surface area contributed by atoms with Crippen LogP contribution in [0.15, 0.2) is 58.4 Å². The molecule has 1 aliphatic rings. The van der Waals surface area contributed by atoms with Gasteiger partial charge in [0.1, 0.15) is 5.75 Å². The second-order valence-electron chi connectivity index (χ2n) is 5.12. The summed E-state index contributed by atoms with van der Waals surface area (Å²) in [6.07, 6.45) is -2.89. The molecule has 0 unspecified atom stereocenters. The molecule has 0 aromatic heterocycles. The Kier molecular flexibility index (Phi) is 4.54. The van der Waals surface area contributed by atoms with Crippen molar-refractivity contribution in [3.05, 3.63) is 64.6 Å². The molecule has 0 aliphatic carbocycles. The number of phenols is 1. The van der Waals surface area contributed by atoms with E-state index in [0.717, 1.165) is 23.9 Å². The van der Waals surface area contributed by atoms with Crippen LogP contribution in [0.4, 0.5) is 18.9 Å². The molecule has 2 N–H and O–H groups in total. The highest BCUT2D eigenvalue weighted by atomic mass is 32.2. The lowest BCUT2D eigenvalue weighted by atomic mass is 10.1. The van der Waals surface area contributed by atoms with Crippen molar-refractivity contribution in [1.29, 1.82) is 0 Å². The Morgan fingerprint density at radius 1 is 1.04 bits per heavy atom. The lowest BCUT2D eigenvalue weighted by Crippen LogP contribution is -2.19. The van der Waals surface area contributed by atoms with Crippen LogP contribution >= 0.6 is 11.8 Å². The molecular formula is C17H11F3N2O2S. The minimum Gasteiger partial charge on any atom is -0.508 e. The average molecular weight is 364 g/mol. The topological polar surface area (TPSA) is 61.7 Å². The second-order valence-corrected chi connectivity index (χ2v) is 6.15. The molecule has 0 saturated carbocycles. The van der Waals surface area contributed by atoms with E-state index in [9.17, 15) is 23.1 Å². The molecule has 0 radical (unpaired) electrons. The van der Waals surface area contributed by atoms with Crippen LogP contribution in [0.5, 0.6) is 5.75 Å². The number of nitrogens with zero attached hydrogens (tertiary/aromatic N) is 1. The molecular weight excluding hydrogens is 353 g/mol. The summed E-state index contributed by atoms with van der Waals surface area (Å²) < 4.78 is 37.7. The third kappa shape index (κ3) is 4.21. The van der Waals surface area contributed by atoms with Crippen LogP contribution in [-0.4, -0.2) is 16.2 Å². The SMILES string of the molecule is O=C1NC(=Nc2ccc(O)cc2)S/C1=C\c1ccc(C(F)(F)F)cc1. The number of amidine groups is 1. The van der Waals surface area contributed by atoms with Gasteiger partial charge in [0.05, 0.1) is 16.2 Å². The summed E-state index contributed by atoms with van der Waals surface area (Å²) in [6.45, 7) is 0. The number of hydrogen-bond acceptors (Lipinski definition) is 4. The zero-order valence-corrected chi connectivity index (χ0v) is 13.4. The molecule has 128 valence electrons. The smallest absolute Gasteiger partial charge is 0.416 e. The maximum atomic E-state index is 12.6. The van der Waals surface area contributed by atoms with Gasteiger partial charge in [0.2, 0.25) is 0 Å². The Hall–Kier alpha value is -2.74. The third-order valence-corrected chi connectivity index (χ3v) is 4.18. The van der Waals surface area contributed by atoms with E-state index in [2.05, 4.69) is 10.3 Å². The summed E-state index contributed by atoms with van der Waals surface area (Å²) >= 11 is 1.09. The van der Waals surface area contributed by atoms with Crippen LogP contribution in [0.2, 0.25) is 0 Å². The maximum Gasteiger partial charge on any atom is 0.416 e. The van der Waals surface area contributed by atoms with Crippen molar-refractivity contribution in [3.8, 4) is 5.75 Å². The third-order valence-electron chi connectivity index (χ3n) is 3.27. The standard InChI is InChI=1S/C17H11F3N2O2S/c18-17(19,20)11-3-1-10(2-4-11)9-14-15(24)22-16(25-14)21-12-5-7-13(23)8-6-12/h1-9,23H,(H,21,22,24)/b14-9-. The molecule has 1 fully saturated rings. The van der Waals surface area contributed by atoms with Crippen LogP contribution in [0.25, 0.3) is 6.08 Å². The Morgan fingerprint density at radius 2 is 1.68 bits per heavy atom. The Morgan fingerprint density at radius 3 is 2.28 bits per heavy atom. The number of aliphatic imine (C=N–C) groups is 1. The predicted octanol–water partition coefficient (Wildman–Crippen LogP) is 4.30. The first-order chi connectivity index (χ1) is 11.8. The van der Waals surface area contributed by atoms with Crippen molar-refractivity contribution in [2.45, 2.75) is 6.18 Å². The lowest BCUT2D eigenvalue weighted by Gasteiger charge is -2.06. The summed E-state index contributed by atoms with van der Waals surface area (Å²) in [5.74, 6) is -0.266. The fourth-order valence-electron chi connectivity index (χ4n) is 2.04. The van der Waals surface area contributed by atoms with E-state index in [0.29, 0.717) is 21.3 Å². The molecule has 1 aliphatic heterocycles. The zero-order valence-electron chi connectivity index (χ0n) is 12.5. The quantitative estimate of drug-likeness (QED) is 0.781. The van der Waals surface area contributed by atoms with E-state index in [1.807, 2.05) is 0 Å². The van der Waals surface area contributed by atoms with E-state index in [-0.39, 0.29) is 11.7 Å². The van der Waals surface area contributed by atoms with Gasteiger partial charge < -0.3 is 10.4 Å². The Labute approximate surface area is 145 Å². The number of amides is 1. The summed E-state index contributed by atoms with van der Waals surface area (Å²) in [5.41, 5.74) is 0.292. The monoisotopic (exact) mass is 364 g/mol. The van der Waals surface area contributed by atoms with Crippen LogP contribution in [0, 0.1) is 0 Å². The fraction of sp³-hybridized carbons (Fsp3) is 0.0588. The zero-order chi connectivity index (χ0) is 18.0. The molecule has 1 saturated heterocycles. The van der Waals surface area contributed by atoms with Crippen molar-refractivity contribution in [2.75, 3.05) is 0 Å². The highest BCUT2D eigenvalue weighted by Crippen LogP contribution is 2.31. The van der Waals surface area contributed by atoms with Crippen molar-refractivity contribution < 1.29 is 23.1 Å². The highest BCUT2D eigenvalue weighted by molar-refractivity contribution is 8.18. The van der Waals surface area contributed by atoms with Gasteiger partial charge in [-0.25, -0.2) is 4.99 Å². The van der Waals surface area contributed by atoms with Gasteiger partial charge in [0, 0.05) is 0 Å². The first kappa shape index (κ1) is 17.1. The van der Waals surface area contributed by atoms with Crippen molar-refractivity contribution in [1.82, 2.24) is 5.32 Å². The Balaban J connectivity index is 1.78. The second kappa shape index (κ2) is 6.64. The number of nitrogens with one attached hydrogen (secondary N) is 1. The van der Waals surface area contributed by atoms with Crippen LogP contribution < -0.4 is 5.32 Å². The minimum atomic E-state index is -4.39. The number of benzene rings is 2. The number of rotatable bonds is 2. The molecule has 1 amide bonds. The van der Waals surface area contributed by atoms with E-state index in [1.165, 1.54) is 30.3 Å². The molecule has 8 heteroatoms. The van der Waals surface area contributed by atoms with Crippen LogP contribution in [0.1, 0.15) is 11.1 Å². The molecule has 1 heterocycles. The molecule has 3 rings (SSSR count). The predicted molar refractivity (Wildman–Crippen MR) is 90.4 cm³/mol. The Bertz CT molecular complexity index is 857. The van der Waals surface area contributed by atoms with Gasteiger partial charge in [-0.1, -0.05) is 12.1 Å². The maximum absolute atomic E-state index is 12.6. The molecule has 0 bridgehead atoms. The number of carbonyl (C=O) groups is 1. The summed E-state index contributed by atoms with van der Waals surface area (Å²) in [5, 5.41) is 12.2. The van der Waals surface area contributed by atoms with E-state index in [1.54, 1.807) is 12.1 Å². The number of carbonyl (C=O) groups excluding carboxylic acids is 1. The lowest BCUT2D eigenvalue weighted by molar-refractivity contribution is -0.137. The van der Waals surface area contributed by atoms with E-state index in [4.69, 9.17) is 0 Å². The molecule has 0 atom stereocenters. The molecule has 4 nitrogen and oxygen atoms in total. The summed E-state index contributed by atoms with van der Waals surface area (Å²) in [7, 11) is 0. The largest absolute Gasteiger partial charge is 0.508 e. The van der Waals surface area contributed by atoms with Gasteiger partial charge in [-0.15, -0.1) is 0 Å². The fourth-order valence-corrected chi connectivity index (χ4v) is 2.89. The van der Waals surface area contributed by atoms with Gasteiger partial charge in [-0.3, -0.25) is 4.79 Å². The van der Waals surface area contributed by atoms with E-state index < -0.39 is 11.7 Å². The number of hydrogen-bond donors (Lipinski definition) is 2. The van der Waals surface area contributed by atoms with Gasteiger partial charge >= 0.3 is 6.18 Å². The molecule has 0 spiro atoms. The summed E-state index contributed by atoms with van der Waals surface area (Å²) in [6, 6.07) is 10.7. The number of aromatic hydroxyl groups is 1. The molecule has 2 aromatic carbocycles. The van der Waals surface area contributed by atoms with E-state index >= 15 is 0 Å². The number of thioether (sulfide) groups is 1. The number of alkyl halides is 3. The highest BCUT2D eigenvalue weighted by Gasteiger charge is 2.30. The minimum absolute atomic E-state index is 0.106. The van der Waals surface area contributed by atoms with Crippen molar-refractivity contribution in [2.24, 2.45) is 4.99 Å². The number of halogens is 3. The molecule has 2 aromatic rings. The van der Waals surface area contributed by atoms with Gasteiger partial charge in [-0.05, 0) is 59.8 Å². The summed E-state index contributed by atoms with van der Waals surface area (Å²) in [4.78, 5) is 16.5. The first-order valence-electron chi connectivity index (χ1n) is 7.07. The van der Waals surface area contributed by atoms with Gasteiger partial charge in [0.25, 0.3) is 5.91 Å². The number of phenolic OH excluding ortho intramolecular Hbond substituents is 1. The van der Waals surface area contributed by atoms with Crippen LogP contribution in [0.3, 0.4) is 0 Å². The van der Waals surface area contributed by atoms with Crippen LogP contribution in [-0.2, 0) is 11.0 Å². The first-order valence-corrected chi connectivity index (χ1v) is 7.89. The average Bonchev–Trinajstić information content (AvgIpc) is 2.89. The van der Waals surface area contributed by atoms with Crippen molar-refractivity contribution in [3.63, 3.8) is 0 Å². The molecule has 25 heavy (non-hydrogen) atoms. The van der Waals surface area contributed by atoms with Gasteiger partial charge in [0.15, 0.2) is 5.17 Å². The normalized spacial score (nSPS) is 18.0. The van der Waals surface area contributed by atoms with Crippen molar-refractivity contribution >= 4 is 34.6 Å². The van der Waals surface area contributed by atoms with Gasteiger partial charge in [-0.2, -0.15) is 13.2 Å².